The van der Waals surface area contributed by atoms with Gasteiger partial charge in [-0.25, -0.2) is 9.97 Å². The van der Waals surface area contributed by atoms with E-state index in [-0.39, 0.29) is 6.04 Å². The van der Waals surface area contributed by atoms with Crippen LogP contribution in [0.3, 0.4) is 0 Å². The van der Waals surface area contributed by atoms with Crippen molar-refractivity contribution in [2.45, 2.75) is 26.3 Å². The maximum atomic E-state index is 8.64. The maximum Gasteiger partial charge on any atom is 0.158 e. The Balaban J connectivity index is 1.94. The molecule has 4 nitrogen and oxygen atoms in total. The van der Waals surface area contributed by atoms with Gasteiger partial charge in [0.15, 0.2) is 5.69 Å². The van der Waals surface area contributed by atoms with Crippen LogP contribution in [0.1, 0.15) is 22.4 Å². The average molecular weight is 258 g/mol. The topological polar surface area (TPSA) is 61.6 Å². The van der Waals surface area contributed by atoms with E-state index in [0.717, 1.165) is 6.42 Å². The van der Waals surface area contributed by atoms with Crippen LogP contribution in [0.15, 0.2) is 24.5 Å². The van der Waals surface area contributed by atoms with Gasteiger partial charge in [-0.3, -0.25) is 0 Å². The summed E-state index contributed by atoms with van der Waals surface area (Å²) in [5.41, 5.74) is 0.335. The Morgan fingerprint density at radius 3 is 2.78 bits per heavy atom. The molecule has 2 rings (SSSR count). The van der Waals surface area contributed by atoms with Gasteiger partial charge in [0.25, 0.3) is 0 Å². The Labute approximate surface area is 110 Å². The quantitative estimate of drug-likeness (QED) is 0.916. The molecule has 2 heterocycles. The molecule has 5 heteroatoms. The van der Waals surface area contributed by atoms with Crippen LogP contribution < -0.4 is 5.32 Å². The zero-order chi connectivity index (χ0) is 13.0. The Morgan fingerprint density at radius 1 is 1.39 bits per heavy atom. The molecule has 0 radical (unpaired) electrons. The summed E-state index contributed by atoms with van der Waals surface area (Å²) in [4.78, 5) is 10.8. The molecule has 2 aromatic rings. The molecule has 0 amide bonds. The molecule has 0 saturated carbocycles. The van der Waals surface area contributed by atoms with Crippen molar-refractivity contribution in [3.8, 4) is 6.07 Å². The fourth-order valence-corrected chi connectivity index (χ4v) is 2.68. The van der Waals surface area contributed by atoms with Crippen molar-refractivity contribution in [2.75, 3.05) is 5.32 Å². The van der Waals surface area contributed by atoms with Crippen LogP contribution in [0.25, 0.3) is 0 Å². The molecule has 0 aliphatic heterocycles. The third-order valence-electron chi connectivity index (χ3n) is 2.46. The lowest BCUT2D eigenvalue weighted by molar-refractivity contribution is 0.792. The van der Waals surface area contributed by atoms with E-state index in [4.69, 9.17) is 5.26 Å². The molecule has 0 fully saturated rings. The first-order valence-electron chi connectivity index (χ1n) is 5.71. The summed E-state index contributed by atoms with van der Waals surface area (Å²) in [6.45, 7) is 4.22. The van der Waals surface area contributed by atoms with Crippen molar-refractivity contribution in [1.82, 2.24) is 9.97 Å². The van der Waals surface area contributed by atoms with E-state index in [1.807, 2.05) is 17.4 Å². The number of aryl methyl sites for hydroxylation is 1. The number of nitriles is 1. The van der Waals surface area contributed by atoms with Gasteiger partial charge in [-0.1, -0.05) is 0 Å². The first kappa shape index (κ1) is 12.5. The minimum Gasteiger partial charge on any atom is -0.366 e. The van der Waals surface area contributed by atoms with Gasteiger partial charge in [-0.2, -0.15) is 5.26 Å². The van der Waals surface area contributed by atoms with Gasteiger partial charge < -0.3 is 5.32 Å². The van der Waals surface area contributed by atoms with E-state index in [0.29, 0.717) is 11.5 Å². The molecule has 0 aliphatic rings. The number of nitrogens with zero attached hydrogens (tertiary/aromatic N) is 3. The molecule has 2 aromatic heterocycles. The molecule has 1 atom stereocenters. The molecule has 1 unspecified atom stereocenters. The van der Waals surface area contributed by atoms with Crippen LogP contribution in [0.2, 0.25) is 0 Å². The number of rotatable bonds is 4. The van der Waals surface area contributed by atoms with E-state index in [1.54, 1.807) is 6.20 Å². The van der Waals surface area contributed by atoms with Gasteiger partial charge in [0, 0.05) is 22.2 Å². The van der Waals surface area contributed by atoms with Crippen LogP contribution in [-0.2, 0) is 6.42 Å². The number of thiophene rings is 1. The van der Waals surface area contributed by atoms with E-state index in [9.17, 15) is 0 Å². The van der Waals surface area contributed by atoms with Crippen molar-refractivity contribution >= 4 is 17.2 Å². The van der Waals surface area contributed by atoms with Crippen molar-refractivity contribution < 1.29 is 0 Å². The van der Waals surface area contributed by atoms with Gasteiger partial charge in [0.1, 0.15) is 11.9 Å². The van der Waals surface area contributed by atoms with Gasteiger partial charge in [0.2, 0.25) is 0 Å². The first-order valence-corrected chi connectivity index (χ1v) is 6.53. The molecule has 0 saturated heterocycles. The van der Waals surface area contributed by atoms with E-state index < -0.39 is 0 Å². The molecular formula is C13H14N4S. The zero-order valence-corrected chi connectivity index (χ0v) is 11.2. The lowest BCUT2D eigenvalue weighted by atomic mass is 10.2. The van der Waals surface area contributed by atoms with Crippen LogP contribution >= 0.6 is 11.3 Å². The monoisotopic (exact) mass is 258 g/mol. The second kappa shape index (κ2) is 5.61. The van der Waals surface area contributed by atoms with Gasteiger partial charge >= 0.3 is 0 Å². The highest BCUT2D eigenvalue weighted by atomic mass is 32.1. The van der Waals surface area contributed by atoms with Crippen LogP contribution in [0.4, 0.5) is 5.82 Å². The van der Waals surface area contributed by atoms with Crippen molar-refractivity contribution in [3.05, 3.63) is 40.0 Å². The van der Waals surface area contributed by atoms with E-state index in [2.05, 4.69) is 41.3 Å². The zero-order valence-electron chi connectivity index (χ0n) is 10.3. The Kier molecular flexibility index (Phi) is 3.90. The number of anilines is 1. The fourth-order valence-electron chi connectivity index (χ4n) is 1.66. The summed E-state index contributed by atoms with van der Waals surface area (Å²) in [5.74, 6) is 0.703. The Bertz CT molecular complexity index is 553. The van der Waals surface area contributed by atoms with E-state index >= 15 is 0 Å². The smallest absolute Gasteiger partial charge is 0.158 e. The van der Waals surface area contributed by atoms with Crippen LogP contribution in [0.5, 0.6) is 0 Å². The maximum absolute atomic E-state index is 8.64. The summed E-state index contributed by atoms with van der Waals surface area (Å²) in [6.07, 6.45) is 4.03. The molecule has 0 aliphatic carbocycles. The predicted octanol–water partition coefficient (Wildman–Crippen LogP) is 2.76. The second-order valence-electron chi connectivity index (χ2n) is 4.16. The highest BCUT2D eigenvalue weighted by molar-refractivity contribution is 7.11. The third kappa shape index (κ3) is 3.28. The molecule has 0 bridgehead atoms. The Hall–Kier alpha value is -1.93. The average Bonchev–Trinajstić information content (AvgIpc) is 2.75. The SMILES string of the molecule is Cc1ccc(CC(C)Nc2cnc(C#N)cn2)s1. The summed E-state index contributed by atoms with van der Waals surface area (Å²) in [7, 11) is 0. The van der Waals surface area contributed by atoms with Gasteiger partial charge in [-0.15, -0.1) is 11.3 Å². The van der Waals surface area contributed by atoms with Crippen molar-refractivity contribution in [1.29, 1.82) is 5.26 Å². The molecule has 0 spiro atoms. The largest absolute Gasteiger partial charge is 0.366 e. The highest BCUT2D eigenvalue weighted by Gasteiger charge is 2.06. The van der Waals surface area contributed by atoms with E-state index in [1.165, 1.54) is 16.0 Å². The highest BCUT2D eigenvalue weighted by Crippen LogP contribution is 2.17. The lowest BCUT2D eigenvalue weighted by Gasteiger charge is -2.12. The predicted molar refractivity (Wildman–Crippen MR) is 72.6 cm³/mol. The summed E-state index contributed by atoms with van der Waals surface area (Å²) >= 11 is 1.81. The molecule has 18 heavy (non-hydrogen) atoms. The van der Waals surface area contributed by atoms with Crippen molar-refractivity contribution in [2.24, 2.45) is 0 Å². The number of hydrogen-bond acceptors (Lipinski definition) is 5. The number of aromatic nitrogens is 2. The minimum atomic E-state index is 0.283. The summed E-state index contributed by atoms with van der Waals surface area (Å²) < 4.78 is 0. The minimum absolute atomic E-state index is 0.283. The Morgan fingerprint density at radius 2 is 2.22 bits per heavy atom. The normalized spacial score (nSPS) is 11.8. The van der Waals surface area contributed by atoms with Gasteiger partial charge in [0.05, 0.1) is 12.4 Å². The molecular weight excluding hydrogens is 244 g/mol. The summed E-state index contributed by atoms with van der Waals surface area (Å²) in [5, 5.41) is 11.9. The van der Waals surface area contributed by atoms with Crippen LogP contribution in [-0.4, -0.2) is 16.0 Å². The lowest BCUT2D eigenvalue weighted by Crippen LogP contribution is -2.18. The van der Waals surface area contributed by atoms with Crippen LogP contribution in [0, 0.1) is 18.3 Å². The number of hydrogen-bond donors (Lipinski definition) is 1. The van der Waals surface area contributed by atoms with Crippen molar-refractivity contribution in [3.63, 3.8) is 0 Å². The first-order chi connectivity index (χ1) is 8.67. The standard InChI is InChI=1S/C13H14N4S/c1-9(5-12-4-3-10(2)18-12)17-13-8-15-11(6-14)7-16-13/h3-4,7-9H,5H2,1-2H3,(H,16,17). The molecule has 92 valence electrons. The number of nitrogens with one attached hydrogen (secondary N) is 1. The second-order valence-corrected chi connectivity index (χ2v) is 5.53. The third-order valence-corrected chi connectivity index (χ3v) is 3.49. The fraction of sp³-hybridized carbons (Fsp3) is 0.308. The molecule has 0 aromatic carbocycles. The van der Waals surface area contributed by atoms with Gasteiger partial charge in [-0.05, 0) is 26.0 Å². The summed E-state index contributed by atoms with van der Waals surface area (Å²) in [6, 6.07) is 6.52. The molecule has 1 N–H and O–H groups in total.